The van der Waals surface area contributed by atoms with Crippen LogP contribution in [0.5, 0.6) is 0 Å². The third-order valence-corrected chi connectivity index (χ3v) is 5.47. The summed E-state index contributed by atoms with van der Waals surface area (Å²) >= 11 is 5.84. The van der Waals surface area contributed by atoms with Gasteiger partial charge in [0, 0.05) is 30.9 Å². The molecule has 0 aromatic heterocycles. The SMILES string of the molecule is CC(=O)Nc1ccc(NC(=O)NC2CCN(C(C)C)C2c2ccc(Cl)c(F)c2)cc1. The second-order valence-corrected chi connectivity index (χ2v) is 8.11. The highest BCUT2D eigenvalue weighted by Crippen LogP contribution is 2.35. The quantitative estimate of drug-likeness (QED) is 0.636. The van der Waals surface area contributed by atoms with Crippen LogP contribution in [-0.4, -0.2) is 35.5 Å². The standard InChI is InChI=1S/C22H26ClFN4O2/c1-13(2)28-11-10-20(21(28)15-4-9-18(23)19(24)12-15)27-22(30)26-17-7-5-16(6-8-17)25-14(3)29/h4-9,12-13,20-21H,10-11H2,1-3H3,(H,25,29)(H2,26,27,30). The van der Waals surface area contributed by atoms with E-state index in [9.17, 15) is 14.0 Å². The third kappa shape index (κ3) is 5.29. The molecule has 2 unspecified atom stereocenters. The van der Waals surface area contributed by atoms with Crippen LogP contribution in [0.2, 0.25) is 5.02 Å². The Bertz CT molecular complexity index is 920. The van der Waals surface area contributed by atoms with Crippen molar-refractivity contribution in [1.82, 2.24) is 10.2 Å². The van der Waals surface area contributed by atoms with Crippen molar-refractivity contribution in [2.45, 2.75) is 45.3 Å². The topological polar surface area (TPSA) is 73.5 Å². The Kier molecular flexibility index (Phi) is 6.95. The predicted octanol–water partition coefficient (Wildman–Crippen LogP) is 4.78. The highest BCUT2D eigenvalue weighted by Gasteiger charge is 2.37. The monoisotopic (exact) mass is 432 g/mol. The fraction of sp³-hybridized carbons (Fsp3) is 0.364. The van der Waals surface area contributed by atoms with Gasteiger partial charge >= 0.3 is 6.03 Å². The Morgan fingerprint density at radius 3 is 2.30 bits per heavy atom. The maximum Gasteiger partial charge on any atom is 0.319 e. The maximum absolute atomic E-state index is 14.1. The molecule has 1 aliphatic rings. The van der Waals surface area contributed by atoms with Crippen LogP contribution in [0.4, 0.5) is 20.6 Å². The van der Waals surface area contributed by atoms with Crippen molar-refractivity contribution in [2.75, 3.05) is 17.2 Å². The Hall–Kier alpha value is -2.64. The number of amides is 3. The zero-order chi connectivity index (χ0) is 21.8. The average molecular weight is 433 g/mol. The molecule has 2 aromatic carbocycles. The lowest BCUT2D eigenvalue weighted by atomic mass is 9.99. The summed E-state index contributed by atoms with van der Waals surface area (Å²) in [5.74, 6) is -0.624. The summed E-state index contributed by atoms with van der Waals surface area (Å²) in [6.07, 6.45) is 0.752. The van der Waals surface area contributed by atoms with E-state index >= 15 is 0 Å². The number of anilines is 2. The number of nitrogens with zero attached hydrogens (tertiary/aromatic N) is 1. The summed E-state index contributed by atoms with van der Waals surface area (Å²) in [6, 6.07) is 11.2. The van der Waals surface area contributed by atoms with Gasteiger partial charge in [-0.25, -0.2) is 9.18 Å². The van der Waals surface area contributed by atoms with Gasteiger partial charge in [0.15, 0.2) is 0 Å². The Balaban J connectivity index is 1.71. The summed E-state index contributed by atoms with van der Waals surface area (Å²) in [5.41, 5.74) is 2.05. The minimum Gasteiger partial charge on any atom is -0.333 e. The zero-order valence-electron chi connectivity index (χ0n) is 17.2. The smallest absolute Gasteiger partial charge is 0.319 e. The highest BCUT2D eigenvalue weighted by atomic mass is 35.5. The molecule has 1 heterocycles. The fourth-order valence-corrected chi connectivity index (χ4v) is 3.96. The van der Waals surface area contributed by atoms with Gasteiger partial charge in [-0.15, -0.1) is 0 Å². The number of carbonyl (C=O) groups is 2. The van der Waals surface area contributed by atoms with Crippen LogP contribution in [0.25, 0.3) is 0 Å². The van der Waals surface area contributed by atoms with Gasteiger partial charge in [-0.05, 0) is 62.2 Å². The van der Waals surface area contributed by atoms with E-state index in [1.54, 1.807) is 30.3 Å². The van der Waals surface area contributed by atoms with Crippen molar-refractivity contribution in [3.8, 4) is 0 Å². The molecule has 30 heavy (non-hydrogen) atoms. The van der Waals surface area contributed by atoms with Gasteiger partial charge in [0.25, 0.3) is 0 Å². The van der Waals surface area contributed by atoms with Crippen molar-refractivity contribution in [1.29, 1.82) is 0 Å². The normalized spacial score (nSPS) is 19.0. The first kappa shape index (κ1) is 22.1. The second kappa shape index (κ2) is 9.45. The molecule has 0 aliphatic carbocycles. The van der Waals surface area contributed by atoms with E-state index in [4.69, 9.17) is 11.6 Å². The largest absolute Gasteiger partial charge is 0.333 e. The molecular formula is C22H26ClFN4O2. The second-order valence-electron chi connectivity index (χ2n) is 7.70. The van der Waals surface area contributed by atoms with Gasteiger partial charge in [0.05, 0.1) is 17.1 Å². The van der Waals surface area contributed by atoms with Crippen LogP contribution in [0.3, 0.4) is 0 Å². The Morgan fingerprint density at radius 1 is 1.10 bits per heavy atom. The first-order chi connectivity index (χ1) is 14.2. The number of benzene rings is 2. The van der Waals surface area contributed by atoms with Crippen LogP contribution in [-0.2, 0) is 4.79 Å². The molecule has 0 saturated carbocycles. The van der Waals surface area contributed by atoms with E-state index in [1.807, 2.05) is 6.07 Å². The lowest BCUT2D eigenvalue weighted by Gasteiger charge is -2.32. The molecule has 160 valence electrons. The van der Waals surface area contributed by atoms with Crippen molar-refractivity contribution in [3.63, 3.8) is 0 Å². The molecule has 1 fully saturated rings. The molecule has 1 saturated heterocycles. The minimum absolute atomic E-state index is 0.0813. The number of halogens is 2. The van der Waals surface area contributed by atoms with E-state index in [1.165, 1.54) is 13.0 Å². The molecule has 6 nitrogen and oxygen atoms in total. The molecule has 3 rings (SSSR count). The molecule has 0 spiro atoms. The van der Waals surface area contributed by atoms with Gasteiger partial charge in [-0.3, -0.25) is 9.69 Å². The van der Waals surface area contributed by atoms with Gasteiger partial charge in [-0.1, -0.05) is 17.7 Å². The highest BCUT2D eigenvalue weighted by molar-refractivity contribution is 6.30. The van der Waals surface area contributed by atoms with Crippen LogP contribution in [0.15, 0.2) is 42.5 Å². The first-order valence-corrected chi connectivity index (χ1v) is 10.3. The van der Waals surface area contributed by atoms with E-state index in [-0.39, 0.29) is 35.1 Å². The molecule has 0 radical (unpaired) electrons. The number of urea groups is 1. The number of rotatable bonds is 5. The summed E-state index contributed by atoms with van der Waals surface area (Å²) < 4.78 is 14.1. The van der Waals surface area contributed by atoms with E-state index < -0.39 is 5.82 Å². The van der Waals surface area contributed by atoms with Gasteiger partial charge < -0.3 is 16.0 Å². The molecule has 2 atom stereocenters. The predicted molar refractivity (Wildman–Crippen MR) is 117 cm³/mol. The Morgan fingerprint density at radius 2 is 1.73 bits per heavy atom. The van der Waals surface area contributed by atoms with Crippen molar-refractivity contribution < 1.29 is 14.0 Å². The van der Waals surface area contributed by atoms with E-state index in [2.05, 4.69) is 34.7 Å². The van der Waals surface area contributed by atoms with Gasteiger partial charge in [-0.2, -0.15) is 0 Å². The fourth-order valence-electron chi connectivity index (χ4n) is 3.84. The maximum atomic E-state index is 14.1. The molecule has 8 heteroatoms. The average Bonchev–Trinajstić information content (AvgIpc) is 3.09. The van der Waals surface area contributed by atoms with Crippen molar-refractivity contribution in [2.24, 2.45) is 0 Å². The van der Waals surface area contributed by atoms with Crippen molar-refractivity contribution >= 4 is 34.9 Å². The molecule has 1 aliphatic heterocycles. The number of likely N-dealkylation sites (tertiary alicyclic amines) is 1. The number of nitrogens with one attached hydrogen (secondary N) is 3. The number of carbonyl (C=O) groups excluding carboxylic acids is 2. The molecule has 2 aromatic rings. The molecular weight excluding hydrogens is 407 g/mol. The summed E-state index contributed by atoms with van der Waals surface area (Å²) in [5, 5.41) is 8.59. The van der Waals surface area contributed by atoms with Crippen molar-refractivity contribution in [3.05, 3.63) is 58.9 Å². The van der Waals surface area contributed by atoms with E-state index in [0.29, 0.717) is 11.4 Å². The number of hydrogen-bond donors (Lipinski definition) is 3. The molecule has 3 amide bonds. The number of hydrogen-bond acceptors (Lipinski definition) is 3. The molecule has 3 N–H and O–H groups in total. The third-order valence-electron chi connectivity index (χ3n) is 5.16. The van der Waals surface area contributed by atoms with E-state index in [0.717, 1.165) is 18.5 Å². The zero-order valence-corrected chi connectivity index (χ0v) is 18.0. The van der Waals surface area contributed by atoms with Gasteiger partial charge in [0.1, 0.15) is 5.82 Å². The van der Waals surface area contributed by atoms with Crippen LogP contribution in [0.1, 0.15) is 38.8 Å². The summed E-state index contributed by atoms with van der Waals surface area (Å²) in [7, 11) is 0. The summed E-state index contributed by atoms with van der Waals surface area (Å²) in [4.78, 5) is 26.0. The lowest BCUT2D eigenvalue weighted by Crippen LogP contribution is -2.43. The van der Waals surface area contributed by atoms with Crippen LogP contribution in [0, 0.1) is 5.82 Å². The van der Waals surface area contributed by atoms with Gasteiger partial charge in [0.2, 0.25) is 5.91 Å². The molecule has 0 bridgehead atoms. The Labute approximate surface area is 180 Å². The van der Waals surface area contributed by atoms with Crippen LogP contribution >= 0.6 is 11.6 Å². The lowest BCUT2D eigenvalue weighted by molar-refractivity contribution is -0.114. The minimum atomic E-state index is -0.466. The van der Waals surface area contributed by atoms with Crippen LogP contribution < -0.4 is 16.0 Å². The first-order valence-electron chi connectivity index (χ1n) is 9.90. The summed E-state index contributed by atoms with van der Waals surface area (Å²) in [6.45, 7) is 6.39.